The molecule has 0 saturated carbocycles. The number of aliphatic hydroxyl groups excluding tert-OH is 2. The van der Waals surface area contributed by atoms with Gasteiger partial charge < -0.3 is 24.7 Å². The summed E-state index contributed by atoms with van der Waals surface area (Å²) in [5.41, 5.74) is -1.51. The molecule has 21 heavy (non-hydrogen) atoms. The molecule has 1 aliphatic heterocycles. The topological polar surface area (TPSA) is 171 Å². The number of nitrogens with one attached hydrogen (secondary N) is 1. The first kappa shape index (κ1) is 16.0. The van der Waals surface area contributed by atoms with E-state index in [4.69, 9.17) is 14.5 Å². The largest absolute Gasteiger partial charge is 0.469 e. The van der Waals surface area contributed by atoms with E-state index in [2.05, 4.69) is 4.52 Å². The van der Waals surface area contributed by atoms with Crippen LogP contribution in [0.15, 0.2) is 21.9 Å². The van der Waals surface area contributed by atoms with Crippen molar-refractivity contribution >= 4 is 7.82 Å². The van der Waals surface area contributed by atoms with Crippen LogP contribution in [0.25, 0.3) is 0 Å². The summed E-state index contributed by atoms with van der Waals surface area (Å²) in [6, 6.07) is 1.02. The molecule has 0 unspecified atom stereocenters. The maximum Gasteiger partial charge on any atom is 0.469 e. The van der Waals surface area contributed by atoms with Crippen LogP contribution in [0.2, 0.25) is 0 Å². The Labute approximate surface area is 116 Å². The lowest BCUT2D eigenvalue weighted by molar-refractivity contribution is -0.0543. The molecule has 0 bridgehead atoms. The number of hydrogen-bond donors (Lipinski definition) is 5. The molecule has 12 heteroatoms. The Morgan fingerprint density at radius 1 is 1.33 bits per heavy atom. The van der Waals surface area contributed by atoms with Crippen LogP contribution in [0.5, 0.6) is 0 Å². The second-order valence-electron chi connectivity index (χ2n) is 4.35. The Balaban J connectivity index is 2.18. The van der Waals surface area contributed by atoms with Crippen molar-refractivity contribution in [3.05, 3.63) is 33.1 Å². The second-order valence-corrected chi connectivity index (χ2v) is 5.59. The second kappa shape index (κ2) is 5.81. The highest BCUT2D eigenvalue weighted by Gasteiger charge is 2.44. The predicted molar refractivity (Wildman–Crippen MR) is 65.2 cm³/mol. The van der Waals surface area contributed by atoms with E-state index in [1.165, 1.54) is 0 Å². The highest BCUT2D eigenvalue weighted by molar-refractivity contribution is 7.46. The van der Waals surface area contributed by atoms with Gasteiger partial charge in [-0.05, 0) is 0 Å². The van der Waals surface area contributed by atoms with Crippen LogP contribution in [0.1, 0.15) is 6.23 Å². The predicted octanol–water partition coefficient (Wildman–Crippen LogP) is -2.73. The number of nitrogens with zero attached hydrogens (tertiary/aromatic N) is 1. The number of ether oxygens (including phenoxy) is 1. The van der Waals surface area contributed by atoms with E-state index in [0.717, 1.165) is 16.8 Å². The normalized spacial score (nSPS) is 29.7. The summed E-state index contributed by atoms with van der Waals surface area (Å²) < 4.78 is 20.8. The van der Waals surface area contributed by atoms with Crippen molar-refractivity contribution in [1.29, 1.82) is 0 Å². The standard InChI is InChI=1S/C9H13N2O9P/c12-5-1-2-11(9(15)10-5)8-7(14)6(13)4(20-8)3-19-21(16,17)18/h1-2,4,6-8,13-14H,3H2,(H,10,12,15)(H2,16,17,18)/t4-,6+,7+,8-/m1/s1. The first-order valence-corrected chi connectivity index (χ1v) is 7.25. The van der Waals surface area contributed by atoms with Gasteiger partial charge in [0.15, 0.2) is 6.23 Å². The molecule has 1 aliphatic rings. The van der Waals surface area contributed by atoms with Crippen molar-refractivity contribution in [2.24, 2.45) is 0 Å². The lowest BCUT2D eigenvalue weighted by atomic mass is 10.1. The van der Waals surface area contributed by atoms with Crippen molar-refractivity contribution in [2.75, 3.05) is 6.61 Å². The molecule has 2 rings (SSSR count). The van der Waals surface area contributed by atoms with Crippen molar-refractivity contribution in [1.82, 2.24) is 9.55 Å². The van der Waals surface area contributed by atoms with Crippen molar-refractivity contribution in [2.45, 2.75) is 24.5 Å². The van der Waals surface area contributed by atoms with E-state index >= 15 is 0 Å². The molecule has 1 aromatic heterocycles. The number of phosphoric acid groups is 1. The fourth-order valence-corrected chi connectivity index (χ4v) is 2.24. The van der Waals surface area contributed by atoms with Gasteiger partial charge in [0.2, 0.25) is 0 Å². The molecule has 0 aliphatic carbocycles. The zero-order valence-electron chi connectivity index (χ0n) is 10.4. The van der Waals surface area contributed by atoms with E-state index < -0.39 is 50.2 Å². The Kier molecular flexibility index (Phi) is 4.44. The molecule has 0 amide bonds. The Hall–Kier alpha value is -1.33. The van der Waals surface area contributed by atoms with Gasteiger partial charge in [0.05, 0.1) is 6.61 Å². The van der Waals surface area contributed by atoms with Crippen molar-refractivity contribution in [3.63, 3.8) is 0 Å². The third-order valence-electron chi connectivity index (χ3n) is 2.87. The third-order valence-corrected chi connectivity index (χ3v) is 3.35. The molecule has 0 radical (unpaired) electrons. The first-order valence-electron chi connectivity index (χ1n) is 5.72. The smallest absolute Gasteiger partial charge is 0.387 e. The highest BCUT2D eigenvalue weighted by Crippen LogP contribution is 2.38. The van der Waals surface area contributed by atoms with E-state index in [1.807, 2.05) is 4.98 Å². The summed E-state index contributed by atoms with van der Waals surface area (Å²) in [7, 11) is -4.76. The maximum atomic E-state index is 11.6. The summed E-state index contributed by atoms with van der Waals surface area (Å²) in [5, 5.41) is 19.6. The van der Waals surface area contributed by atoms with Crippen LogP contribution < -0.4 is 11.2 Å². The Morgan fingerprint density at radius 3 is 2.57 bits per heavy atom. The molecule has 1 saturated heterocycles. The molecule has 5 N–H and O–H groups in total. The van der Waals surface area contributed by atoms with Crippen molar-refractivity contribution in [3.8, 4) is 0 Å². The molecule has 11 nitrogen and oxygen atoms in total. The van der Waals surface area contributed by atoms with Crippen LogP contribution in [0, 0.1) is 0 Å². The average molecular weight is 324 g/mol. The molecule has 0 aromatic carbocycles. The number of aromatic nitrogens is 2. The fraction of sp³-hybridized carbons (Fsp3) is 0.556. The van der Waals surface area contributed by atoms with Gasteiger partial charge in [-0.25, -0.2) is 9.36 Å². The SMILES string of the molecule is O=c1ccn([C@@H]2O[C@H](COP(=O)(O)O)[C@H](O)[C@@H]2O)c(=O)[nH]1. The number of phosphoric ester groups is 1. The zero-order chi connectivity index (χ0) is 15.8. The van der Waals surface area contributed by atoms with Gasteiger partial charge in [0.1, 0.15) is 18.3 Å². The molecule has 1 fully saturated rings. The Bertz CT molecular complexity index is 664. The van der Waals surface area contributed by atoms with Crippen LogP contribution in [0.4, 0.5) is 0 Å². The van der Waals surface area contributed by atoms with E-state index in [-0.39, 0.29) is 0 Å². The average Bonchev–Trinajstić information content (AvgIpc) is 2.64. The molecule has 118 valence electrons. The summed E-state index contributed by atoms with van der Waals surface area (Å²) in [5.74, 6) is 0. The van der Waals surface area contributed by atoms with Crippen LogP contribution in [-0.2, 0) is 13.8 Å². The van der Waals surface area contributed by atoms with E-state index in [9.17, 15) is 24.4 Å². The minimum absolute atomic E-state index is 0.648. The van der Waals surface area contributed by atoms with Crippen molar-refractivity contribution < 1.29 is 33.8 Å². The quantitative estimate of drug-likeness (QED) is 0.368. The number of rotatable bonds is 4. The summed E-state index contributed by atoms with van der Waals surface area (Å²) in [4.78, 5) is 41.6. The minimum Gasteiger partial charge on any atom is -0.387 e. The summed E-state index contributed by atoms with van der Waals surface area (Å²) >= 11 is 0. The summed E-state index contributed by atoms with van der Waals surface area (Å²) in [6.07, 6.45) is -4.58. The van der Waals surface area contributed by atoms with E-state index in [0.29, 0.717) is 0 Å². The first-order chi connectivity index (χ1) is 9.69. The molecule has 0 spiro atoms. The van der Waals surface area contributed by atoms with Gasteiger partial charge in [-0.2, -0.15) is 0 Å². The number of hydrogen-bond acceptors (Lipinski definition) is 7. The Morgan fingerprint density at radius 2 is 2.00 bits per heavy atom. The molecule has 2 heterocycles. The van der Waals surface area contributed by atoms with Crippen LogP contribution in [0.3, 0.4) is 0 Å². The van der Waals surface area contributed by atoms with Gasteiger partial charge in [0.25, 0.3) is 5.56 Å². The number of H-pyrrole nitrogens is 1. The lowest BCUT2D eigenvalue weighted by Gasteiger charge is -2.16. The molecule has 1 aromatic rings. The van der Waals surface area contributed by atoms with E-state index in [1.54, 1.807) is 0 Å². The van der Waals surface area contributed by atoms with Crippen LogP contribution in [-0.4, -0.2) is 54.5 Å². The number of aromatic amines is 1. The van der Waals surface area contributed by atoms with Crippen LogP contribution >= 0.6 is 7.82 Å². The van der Waals surface area contributed by atoms with Gasteiger partial charge in [-0.3, -0.25) is 18.9 Å². The van der Waals surface area contributed by atoms with Gasteiger partial charge in [-0.1, -0.05) is 0 Å². The lowest BCUT2D eigenvalue weighted by Crippen LogP contribution is -2.37. The summed E-state index contributed by atoms with van der Waals surface area (Å²) in [6.45, 7) is -0.683. The fourth-order valence-electron chi connectivity index (χ4n) is 1.89. The van der Waals surface area contributed by atoms with Gasteiger partial charge >= 0.3 is 13.5 Å². The molecular weight excluding hydrogens is 311 g/mol. The number of aliphatic hydroxyl groups is 2. The molecular formula is C9H13N2O9P. The maximum absolute atomic E-state index is 11.6. The third kappa shape index (κ3) is 3.66. The zero-order valence-corrected chi connectivity index (χ0v) is 11.3. The minimum atomic E-state index is -4.76. The van der Waals surface area contributed by atoms with Gasteiger partial charge in [-0.15, -0.1) is 0 Å². The monoisotopic (exact) mass is 324 g/mol. The molecule has 4 atom stereocenters. The highest BCUT2D eigenvalue weighted by atomic mass is 31.2. The van der Waals surface area contributed by atoms with Gasteiger partial charge in [0, 0.05) is 12.3 Å².